The first-order valence-corrected chi connectivity index (χ1v) is 4.36. The van der Waals surface area contributed by atoms with Gasteiger partial charge in [0, 0.05) is 0 Å². The van der Waals surface area contributed by atoms with Crippen LogP contribution in [0.15, 0.2) is 30.3 Å². The van der Waals surface area contributed by atoms with Gasteiger partial charge in [-0.05, 0) is 12.0 Å². The zero-order valence-corrected chi connectivity index (χ0v) is 9.29. The molecular formula is C10H15ClN2O2. The molecule has 0 bridgehead atoms. The Labute approximate surface area is 95.2 Å². The van der Waals surface area contributed by atoms with Crippen molar-refractivity contribution in [3.8, 4) is 0 Å². The predicted molar refractivity (Wildman–Crippen MR) is 60.5 cm³/mol. The van der Waals surface area contributed by atoms with Crippen molar-refractivity contribution in [2.24, 2.45) is 5.84 Å². The van der Waals surface area contributed by atoms with Crippen LogP contribution in [0, 0.1) is 0 Å². The number of ether oxygens (including phenoxy) is 1. The third-order valence-electron chi connectivity index (χ3n) is 1.97. The van der Waals surface area contributed by atoms with Gasteiger partial charge in [-0.3, -0.25) is 10.6 Å². The number of hydrogen-bond acceptors (Lipinski definition) is 4. The van der Waals surface area contributed by atoms with E-state index < -0.39 is 6.04 Å². The molecule has 1 aromatic rings. The number of esters is 1. The van der Waals surface area contributed by atoms with Gasteiger partial charge >= 0.3 is 5.97 Å². The van der Waals surface area contributed by atoms with E-state index in [9.17, 15) is 4.79 Å². The highest BCUT2D eigenvalue weighted by Crippen LogP contribution is 2.03. The van der Waals surface area contributed by atoms with Crippen LogP contribution in [0.2, 0.25) is 0 Å². The molecule has 4 nitrogen and oxygen atoms in total. The minimum absolute atomic E-state index is 0. The Bertz CT molecular complexity index is 293. The van der Waals surface area contributed by atoms with E-state index in [0.29, 0.717) is 6.42 Å². The Morgan fingerprint density at radius 2 is 2.07 bits per heavy atom. The van der Waals surface area contributed by atoms with Crippen LogP contribution in [0.5, 0.6) is 0 Å². The Balaban J connectivity index is 0.00000196. The zero-order chi connectivity index (χ0) is 10.4. The molecule has 0 heterocycles. The molecule has 0 aliphatic carbocycles. The van der Waals surface area contributed by atoms with Crippen molar-refractivity contribution in [1.29, 1.82) is 0 Å². The normalized spacial score (nSPS) is 11.3. The minimum atomic E-state index is -0.484. The van der Waals surface area contributed by atoms with Gasteiger partial charge in [-0.15, -0.1) is 12.4 Å². The molecule has 1 atom stereocenters. The first-order chi connectivity index (χ1) is 6.77. The summed E-state index contributed by atoms with van der Waals surface area (Å²) in [6, 6.07) is 9.15. The van der Waals surface area contributed by atoms with Gasteiger partial charge < -0.3 is 4.74 Å². The van der Waals surface area contributed by atoms with E-state index in [0.717, 1.165) is 5.56 Å². The van der Waals surface area contributed by atoms with Crippen LogP contribution in [0.4, 0.5) is 0 Å². The second kappa shape index (κ2) is 7.23. The summed E-state index contributed by atoms with van der Waals surface area (Å²) in [6.45, 7) is 0. The Morgan fingerprint density at radius 3 is 2.53 bits per heavy atom. The molecule has 0 saturated carbocycles. The molecule has 0 saturated heterocycles. The van der Waals surface area contributed by atoms with Crippen molar-refractivity contribution in [3.63, 3.8) is 0 Å². The molecule has 5 heteroatoms. The van der Waals surface area contributed by atoms with E-state index in [-0.39, 0.29) is 18.4 Å². The molecule has 84 valence electrons. The van der Waals surface area contributed by atoms with Gasteiger partial charge in [0.05, 0.1) is 7.11 Å². The number of benzene rings is 1. The van der Waals surface area contributed by atoms with E-state index in [1.807, 2.05) is 30.3 Å². The average Bonchev–Trinajstić information content (AvgIpc) is 2.26. The standard InChI is InChI=1S/C10H14N2O2.ClH/c1-14-10(13)9(12-11)7-8-5-3-2-4-6-8;/h2-6,9,12H,7,11H2,1H3;1H. The van der Waals surface area contributed by atoms with E-state index in [1.54, 1.807) is 0 Å². The van der Waals surface area contributed by atoms with Crippen molar-refractivity contribution in [2.45, 2.75) is 12.5 Å². The smallest absolute Gasteiger partial charge is 0.324 e. The van der Waals surface area contributed by atoms with Crippen molar-refractivity contribution >= 4 is 18.4 Å². The molecule has 15 heavy (non-hydrogen) atoms. The lowest BCUT2D eigenvalue weighted by Gasteiger charge is -2.12. The Hall–Kier alpha value is -1.10. The molecular weight excluding hydrogens is 216 g/mol. The third kappa shape index (κ3) is 4.29. The lowest BCUT2D eigenvalue weighted by molar-refractivity contribution is -0.143. The largest absolute Gasteiger partial charge is 0.468 e. The highest BCUT2D eigenvalue weighted by molar-refractivity contribution is 5.85. The van der Waals surface area contributed by atoms with E-state index >= 15 is 0 Å². The van der Waals surface area contributed by atoms with Crippen LogP contribution >= 0.6 is 12.4 Å². The first kappa shape index (κ1) is 13.9. The lowest BCUT2D eigenvalue weighted by Crippen LogP contribution is -2.43. The van der Waals surface area contributed by atoms with Crippen LogP contribution < -0.4 is 11.3 Å². The van der Waals surface area contributed by atoms with Crippen LogP contribution in [0.1, 0.15) is 5.56 Å². The summed E-state index contributed by atoms with van der Waals surface area (Å²) >= 11 is 0. The van der Waals surface area contributed by atoms with E-state index in [4.69, 9.17) is 5.84 Å². The van der Waals surface area contributed by atoms with Gasteiger partial charge in [0.25, 0.3) is 0 Å². The monoisotopic (exact) mass is 230 g/mol. The summed E-state index contributed by atoms with van der Waals surface area (Å²) in [5.74, 6) is 4.90. The number of halogens is 1. The number of nitrogens with two attached hydrogens (primary N) is 1. The number of methoxy groups -OCH3 is 1. The molecule has 0 amide bonds. The van der Waals surface area contributed by atoms with E-state index in [2.05, 4.69) is 10.2 Å². The SMILES string of the molecule is COC(=O)C(Cc1ccccc1)NN.Cl. The van der Waals surface area contributed by atoms with Crippen molar-refractivity contribution in [2.75, 3.05) is 7.11 Å². The molecule has 0 radical (unpaired) electrons. The number of hydrogen-bond donors (Lipinski definition) is 2. The molecule has 0 aliphatic rings. The fourth-order valence-electron chi connectivity index (χ4n) is 1.20. The highest BCUT2D eigenvalue weighted by Gasteiger charge is 2.17. The summed E-state index contributed by atoms with van der Waals surface area (Å²) in [6.07, 6.45) is 0.532. The van der Waals surface area contributed by atoms with Gasteiger partial charge in [-0.25, -0.2) is 5.43 Å². The van der Waals surface area contributed by atoms with Gasteiger partial charge in [0.2, 0.25) is 0 Å². The van der Waals surface area contributed by atoms with Crippen LogP contribution in [0.25, 0.3) is 0 Å². The number of carbonyl (C=O) groups is 1. The zero-order valence-electron chi connectivity index (χ0n) is 8.47. The number of carbonyl (C=O) groups excluding carboxylic acids is 1. The topological polar surface area (TPSA) is 64.3 Å². The van der Waals surface area contributed by atoms with Crippen molar-refractivity contribution in [1.82, 2.24) is 5.43 Å². The maximum Gasteiger partial charge on any atom is 0.324 e. The Kier molecular flexibility index (Phi) is 6.70. The number of rotatable bonds is 4. The fraction of sp³-hybridized carbons (Fsp3) is 0.300. The Morgan fingerprint density at radius 1 is 1.47 bits per heavy atom. The molecule has 0 aromatic heterocycles. The summed E-state index contributed by atoms with van der Waals surface area (Å²) < 4.78 is 4.59. The van der Waals surface area contributed by atoms with Crippen molar-refractivity contribution in [3.05, 3.63) is 35.9 Å². The molecule has 0 aliphatic heterocycles. The molecule has 0 fully saturated rings. The number of nitrogens with one attached hydrogen (secondary N) is 1. The van der Waals surface area contributed by atoms with Crippen molar-refractivity contribution < 1.29 is 9.53 Å². The predicted octanol–water partition coefficient (Wildman–Crippen LogP) is 0.656. The fourth-order valence-corrected chi connectivity index (χ4v) is 1.20. The molecule has 0 spiro atoms. The van der Waals surface area contributed by atoms with Crippen LogP contribution in [-0.2, 0) is 16.0 Å². The van der Waals surface area contributed by atoms with E-state index in [1.165, 1.54) is 7.11 Å². The molecule has 1 aromatic carbocycles. The third-order valence-corrected chi connectivity index (χ3v) is 1.97. The summed E-state index contributed by atoms with van der Waals surface area (Å²) in [5, 5.41) is 0. The van der Waals surface area contributed by atoms with Gasteiger partial charge in [-0.2, -0.15) is 0 Å². The average molecular weight is 231 g/mol. The summed E-state index contributed by atoms with van der Waals surface area (Å²) in [7, 11) is 1.34. The minimum Gasteiger partial charge on any atom is -0.468 e. The number of hydrazine groups is 1. The van der Waals surface area contributed by atoms with Gasteiger partial charge in [-0.1, -0.05) is 30.3 Å². The molecule has 1 rings (SSSR count). The first-order valence-electron chi connectivity index (χ1n) is 4.36. The van der Waals surface area contributed by atoms with Crippen LogP contribution in [0.3, 0.4) is 0 Å². The molecule has 1 unspecified atom stereocenters. The maximum absolute atomic E-state index is 11.2. The van der Waals surface area contributed by atoms with Crippen LogP contribution in [-0.4, -0.2) is 19.1 Å². The second-order valence-electron chi connectivity index (χ2n) is 2.93. The highest BCUT2D eigenvalue weighted by atomic mass is 35.5. The molecule has 3 N–H and O–H groups in total. The van der Waals surface area contributed by atoms with Gasteiger partial charge in [0.15, 0.2) is 0 Å². The lowest BCUT2D eigenvalue weighted by atomic mass is 10.1. The van der Waals surface area contributed by atoms with Gasteiger partial charge in [0.1, 0.15) is 6.04 Å². The quantitative estimate of drug-likeness (QED) is 0.453. The second-order valence-corrected chi connectivity index (χ2v) is 2.93. The summed E-state index contributed by atoms with van der Waals surface area (Å²) in [4.78, 5) is 11.2. The summed E-state index contributed by atoms with van der Waals surface area (Å²) in [5.41, 5.74) is 3.47. The maximum atomic E-state index is 11.2.